The second-order valence-electron chi connectivity index (χ2n) is 4.78. The average molecular weight is 369 g/mol. The lowest BCUT2D eigenvalue weighted by Crippen LogP contribution is -2.34. The van der Waals surface area contributed by atoms with Crippen LogP contribution in [0.15, 0.2) is 14.7 Å². The molecule has 8 heteroatoms. The molecule has 1 fully saturated rings. The van der Waals surface area contributed by atoms with Crippen molar-refractivity contribution in [3.8, 4) is 0 Å². The highest BCUT2D eigenvalue weighted by Gasteiger charge is 2.35. The fourth-order valence-electron chi connectivity index (χ4n) is 2.14. The van der Waals surface area contributed by atoms with Gasteiger partial charge in [0.15, 0.2) is 0 Å². The van der Waals surface area contributed by atoms with E-state index >= 15 is 0 Å². The number of sulfonamides is 1. The zero-order valence-corrected chi connectivity index (χ0v) is 14.1. The van der Waals surface area contributed by atoms with Crippen LogP contribution in [0.4, 0.5) is 0 Å². The molecule has 108 valence electrons. The van der Waals surface area contributed by atoms with Crippen molar-refractivity contribution < 1.29 is 13.5 Å². The van der Waals surface area contributed by atoms with Crippen LogP contribution in [-0.2, 0) is 16.6 Å². The molecule has 1 atom stereocenters. The molecule has 19 heavy (non-hydrogen) atoms. The first-order chi connectivity index (χ1) is 8.86. The Morgan fingerprint density at radius 1 is 1.58 bits per heavy atom. The molecular weight excluding hydrogens is 352 g/mol. The summed E-state index contributed by atoms with van der Waals surface area (Å²) in [7, 11) is 0.461. The van der Waals surface area contributed by atoms with Crippen LogP contribution in [0.1, 0.15) is 11.3 Å². The van der Waals surface area contributed by atoms with E-state index in [1.54, 1.807) is 6.07 Å². The summed E-state index contributed by atoms with van der Waals surface area (Å²) in [5.41, 5.74) is 0. The first-order valence-electron chi connectivity index (χ1n) is 5.92. The van der Waals surface area contributed by atoms with E-state index in [1.165, 1.54) is 15.6 Å². The van der Waals surface area contributed by atoms with Gasteiger partial charge in [-0.25, -0.2) is 8.42 Å². The normalized spacial score (nSPS) is 21.4. The number of thiophene rings is 1. The van der Waals surface area contributed by atoms with Crippen molar-refractivity contribution in [2.24, 2.45) is 0 Å². The summed E-state index contributed by atoms with van der Waals surface area (Å²) in [5, 5.41) is 9.10. The summed E-state index contributed by atoms with van der Waals surface area (Å²) >= 11 is 4.53. The zero-order valence-electron chi connectivity index (χ0n) is 10.8. The van der Waals surface area contributed by atoms with Crippen molar-refractivity contribution in [2.75, 3.05) is 27.2 Å². The molecule has 1 unspecified atom stereocenters. The Balaban J connectivity index is 2.26. The maximum Gasteiger partial charge on any atom is 0.245 e. The van der Waals surface area contributed by atoms with E-state index in [-0.39, 0.29) is 17.5 Å². The van der Waals surface area contributed by atoms with Crippen LogP contribution in [0.25, 0.3) is 0 Å². The van der Waals surface area contributed by atoms with Crippen LogP contribution in [0.5, 0.6) is 0 Å². The minimum Gasteiger partial charge on any atom is -0.391 e. The number of aliphatic hydroxyl groups excluding tert-OH is 1. The number of nitrogens with zero attached hydrogens (tertiary/aromatic N) is 2. The molecule has 0 aromatic carbocycles. The van der Waals surface area contributed by atoms with Gasteiger partial charge in [-0.05, 0) is 42.5 Å². The van der Waals surface area contributed by atoms with Crippen LogP contribution < -0.4 is 0 Å². The van der Waals surface area contributed by atoms with Gasteiger partial charge in [-0.3, -0.25) is 0 Å². The van der Waals surface area contributed by atoms with Gasteiger partial charge in [0.25, 0.3) is 0 Å². The lowest BCUT2D eigenvalue weighted by molar-refractivity contribution is 0.285. The van der Waals surface area contributed by atoms with E-state index in [0.717, 1.165) is 6.42 Å². The molecule has 1 N–H and O–H groups in total. The highest BCUT2D eigenvalue weighted by molar-refractivity contribution is 9.11. The molecule has 1 aromatic rings. The Morgan fingerprint density at radius 2 is 2.26 bits per heavy atom. The Hall–Kier alpha value is 0.01000. The maximum absolute atomic E-state index is 12.6. The minimum absolute atomic E-state index is 0.140. The molecule has 2 rings (SSSR count). The lowest BCUT2D eigenvalue weighted by atomic mass is 10.2. The van der Waals surface area contributed by atoms with Crippen molar-refractivity contribution in [3.63, 3.8) is 0 Å². The van der Waals surface area contributed by atoms with Crippen molar-refractivity contribution >= 4 is 37.3 Å². The molecule has 0 bridgehead atoms. The fraction of sp³-hybridized carbons (Fsp3) is 0.636. The van der Waals surface area contributed by atoms with Crippen LogP contribution in [-0.4, -0.2) is 56.0 Å². The zero-order chi connectivity index (χ0) is 14.2. The third-order valence-electron chi connectivity index (χ3n) is 3.34. The van der Waals surface area contributed by atoms with Crippen LogP contribution in [0.2, 0.25) is 0 Å². The standard InChI is InChI=1S/C11H17BrN2O3S2/c1-13(2)8-3-4-14(6-8)19(16,17)10-5-9(7-15)18-11(10)12/h5,8,15H,3-4,6-7H2,1-2H3. The molecule has 2 heterocycles. The second-order valence-corrected chi connectivity index (χ2v) is 9.14. The molecule has 0 saturated carbocycles. The molecule has 0 spiro atoms. The topological polar surface area (TPSA) is 60.9 Å². The highest BCUT2D eigenvalue weighted by atomic mass is 79.9. The summed E-state index contributed by atoms with van der Waals surface area (Å²) in [6.07, 6.45) is 0.848. The number of hydrogen-bond donors (Lipinski definition) is 1. The molecule has 1 aliphatic rings. The lowest BCUT2D eigenvalue weighted by Gasteiger charge is -2.20. The largest absolute Gasteiger partial charge is 0.391 e. The Bertz CT molecular complexity index is 556. The van der Waals surface area contributed by atoms with E-state index in [2.05, 4.69) is 20.8 Å². The SMILES string of the molecule is CN(C)C1CCN(S(=O)(=O)c2cc(CO)sc2Br)C1. The van der Waals surface area contributed by atoms with Gasteiger partial charge in [0, 0.05) is 24.0 Å². The van der Waals surface area contributed by atoms with E-state index < -0.39 is 10.0 Å². The van der Waals surface area contributed by atoms with Crippen molar-refractivity contribution in [1.29, 1.82) is 0 Å². The molecular formula is C11H17BrN2O3S2. The third kappa shape index (κ3) is 3.03. The number of likely N-dealkylation sites (N-methyl/N-ethyl adjacent to an activating group) is 1. The van der Waals surface area contributed by atoms with Crippen LogP contribution in [0.3, 0.4) is 0 Å². The Labute approximate surface area is 126 Å². The first-order valence-corrected chi connectivity index (χ1v) is 8.97. The van der Waals surface area contributed by atoms with Gasteiger partial charge >= 0.3 is 0 Å². The van der Waals surface area contributed by atoms with Crippen molar-refractivity contribution in [1.82, 2.24) is 9.21 Å². The monoisotopic (exact) mass is 368 g/mol. The van der Waals surface area contributed by atoms with Crippen LogP contribution >= 0.6 is 27.3 Å². The van der Waals surface area contributed by atoms with Crippen molar-refractivity contribution in [3.05, 3.63) is 14.7 Å². The smallest absolute Gasteiger partial charge is 0.245 e. The van der Waals surface area contributed by atoms with Gasteiger partial charge in [-0.15, -0.1) is 11.3 Å². The van der Waals surface area contributed by atoms with Gasteiger partial charge in [0.1, 0.15) is 4.90 Å². The minimum atomic E-state index is -3.47. The maximum atomic E-state index is 12.6. The summed E-state index contributed by atoms with van der Waals surface area (Å²) in [5.74, 6) is 0. The summed E-state index contributed by atoms with van der Waals surface area (Å²) in [6, 6.07) is 1.82. The average Bonchev–Trinajstić information content (AvgIpc) is 2.95. The van der Waals surface area contributed by atoms with Gasteiger partial charge < -0.3 is 10.0 Å². The fourth-order valence-corrected chi connectivity index (χ4v) is 6.13. The molecule has 0 aliphatic carbocycles. The second kappa shape index (κ2) is 5.79. The number of aliphatic hydroxyl groups is 1. The third-order valence-corrected chi connectivity index (χ3v) is 7.44. The van der Waals surface area contributed by atoms with E-state index in [0.29, 0.717) is 21.8 Å². The van der Waals surface area contributed by atoms with Crippen LogP contribution in [0, 0.1) is 0 Å². The van der Waals surface area contributed by atoms with Gasteiger partial charge in [-0.1, -0.05) is 0 Å². The van der Waals surface area contributed by atoms with E-state index in [9.17, 15) is 8.42 Å². The summed E-state index contributed by atoms with van der Waals surface area (Å²) in [4.78, 5) is 2.96. The molecule has 0 radical (unpaired) electrons. The molecule has 1 aliphatic heterocycles. The first kappa shape index (κ1) is 15.4. The predicted octanol–water partition coefficient (Wildman–Crippen LogP) is 1.33. The van der Waals surface area contributed by atoms with Gasteiger partial charge in [0.2, 0.25) is 10.0 Å². The van der Waals surface area contributed by atoms with Gasteiger partial charge in [-0.2, -0.15) is 4.31 Å². The molecule has 1 saturated heterocycles. The number of halogens is 1. The molecule has 0 amide bonds. The predicted molar refractivity (Wildman–Crippen MR) is 78.8 cm³/mol. The number of rotatable bonds is 4. The van der Waals surface area contributed by atoms with Crippen molar-refractivity contribution in [2.45, 2.75) is 24.0 Å². The summed E-state index contributed by atoms with van der Waals surface area (Å²) in [6.45, 7) is 0.924. The Morgan fingerprint density at radius 3 is 2.74 bits per heavy atom. The number of hydrogen-bond acceptors (Lipinski definition) is 5. The molecule has 1 aromatic heterocycles. The van der Waals surface area contributed by atoms with Gasteiger partial charge in [0.05, 0.1) is 10.4 Å². The van der Waals surface area contributed by atoms with E-state index in [4.69, 9.17) is 5.11 Å². The molecule has 5 nitrogen and oxygen atoms in total. The summed E-state index contributed by atoms with van der Waals surface area (Å²) < 4.78 is 27.2. The highest BCUT2D eigenvalue weighted by Crippen LogP contribution is 2.34. The quantitative estimate of drug-likeness (QED) is 0.870. The van der Waals surface area contributed by atoms with E-state index in [1.807, 2.05) is 14.1 Å². The Kier molecular flexibility index (Phi) is 4.69.